The van der Waals surface area contributed by atoms with Crippen molar-refractivity contribution in [3.05, 3.63) is 35.9 Å². The second-order valence-electron chi connectivity index (χ2n) is 5.12. The average molecular weight is 322 g/mol. The Labute approximate surface area is 122 Å². The summed E-state index contributed by atoms with van der Waals surface area (Å²) in [5.41, 5.74) is -4.18. The van der Waals surface area contributed by atoms with Gasteiger partial charge in [0.25, 0.3) is 0 Å². The third-order valence-electron chi connectivity index (χ3n) is 3.84. The van der Waals surface area contributed by atoms with Crippen molar-refractivity contribution in [1.82, 2.24) is 9.62 Å². The molecule has 0 spiro atoms. The molecule has 21 heavy (non-hydrogen) atoms. The molecule has 0 amide bonds. The lowest BCUT2D eigenvalue weighted by Crippen LogP contribution is -2.43. The number of benzene rings is 1. The number of sulfonamides is 1. The smallest absolute Gasteiger partial charge is 0.295 e. The van der Waals surface area contributed by atoms with Crippen molar-refractivity contribution in [3.8, 4) is 0 Å². The van der Waals surface area contributed by atoms with E-state index in [1.807, 2.05) is 35.2 Å². The lowest BCUT2D eigenvalue weighted by Gasteiger charge is -2.26. The second kappa shape index (κ2) is 5.94. The van der Waals surface area contributed by atoms with Crippen LogP contribution in [0, 0.1) is 0 Å². The number of hydrogen-bond donors (Lipinski definition) is 1. The Kier molecular flexibility index (Phi) is 4.60. The third kappa shape index (κ3) is 3.56. The Morgan fingerprint density at radius 2 is 1.86 bits per heavy atom. The van der Waals surface area contributed by atoms with Gasteiger partial charge in [-0.2, -0.15) is 13.2 Å². The molecule has 2 rings (SSSR count). The van der Waals surface area contributed by atoms with Crippen LogP contribution in [0.2, 0.25) is 0 Å². The monoisotopic (exact) mass is 322 g/mol. The van der Waals surface area contributed by atoms with Gasteiger partial charge < -0.3 is 0 Å². The molecule has 1 aromatic rings. The number of nitrogens with zero attached hydrogens (tertiary/aromatic N) is 1. The molecular weight excluding hydrogens is 305 g/mol. The number of halogens is 3. The van der Waals surface area contributed by atoms with Crippen LogP contribution in [0.1, 0.15) is 24.4 Å². The lowest BCUT2D eigenvalue weighted by molar-refractivity contribution is -0.0448. The molecule has 1 saturated heterocycles. The van der Waals surface area contributed by atoms with Crippen molar-refractivity contribution in [2.75, 3.05) is 13.6 Å². The maximum absolute atomic E-state index is 12.3. The van der Waals surface area contributed by atoms with Crippen LogP contribution in [-0.4, -0.2) is 38.5 Å². The zero-order chi connectivity index (χ0) is 15.7. The number of hydrogen-bond acceptors (Lipinski definition) is 3. The molecule has 2 atom stereocenters. The third-order valence-corrected chi connectivity index (χ3v) is 5.00. The van der Waals surface area contributed by atoms with E-state index in [-0.39, 0.29) is 18.6 Å². The summed E-state index contributed by atoms with van der Waals surface area (Å²) in [7, 11) is -3.46. The lowest BCUT2D eigenvalue weighted by atomic mass is 10.1. The first-order chi connectivity index (χ1) is 9.72. The van der Waals surface area contributed by atoms with Crippen LogP contribution < -0.4 is 4.72 Å². The molecule has 1 aliphatic rings. The fraction of sp³-hybridized carbons (Fsp3) is 0.538. The van der Waals surface area contributed by atoms with E-state index in [1.54, 1.807) is 11.8 Å². The van der Waals surface area contributed by atoms with Gasteiger partial charge in [0, 0.05) is 18.6 Å². The molecule has 0 aromatic heterocycles. The fourth-order valence-electron chi connectivity index (χ4n) is 2.62. The minimum atomic E-state index is -5.27. The van der Waals surface area contributed by atoms with Gasteiger partial charge in [-0.1, -0.05) is 30.3 Å². The van der Waals surface area contributed by atoms with Gasteiger partial charge in [-0.05, 0) is 25.5 Å². The first-order valence-corrected chi connectivity index (χ1v) is 8.03. The van der Waals surface area contributed by atoms with E-state index >= 15 is 0 Å². The summed E-state index contributed by atoms with van der Waals surface area (Å²) < 4.78 is 60.5. The van der Waals surface area contributed by atoms with Crippen molar-refractivity contribution in [2.24, 2.45) is 0 Å². The summed E-state index contributed by atoms with van der Waals surface area (Å²) in [6.45, 7) is -0.234. The molecule has 1 heterocycles. The molecule has 8 heteroatoms. The first kappa shape index (κ1) is 16.3. The van der Waals surface area contributed by atoms with Crippen molar-refractivity contribution in [2.45, 2.75) is 30.4 Å². The highest BCUT2D eigenvalue weighted by Gasteiger charge is 2.46. The molecule has 1 fully saturated rings. The molecular formula is C13H17F3N2O2S. The number of nitrogens with one attached hydrogen (secondary N) is 1. The number of likely N-dealkylation sites (N-methyl/N-ethyl adjacent to an activating group) is 1. The van der Waals surface area contributed by atoms with Gasteiger partial charge >= 0.3 is 15.5 Å². The zero-order valence-corrected chi connectivity index (χ0v) is 12.3. The second-order valence-corrected chi connectivity index (χ2v) is 6.88. The highest BCUT2D eigenvalue weighted by Crippen LogP contribution is 2.34. The van der Waals surface area contributed by atoms with Crippen molar-refractivity contribution in [1.29, 1.82) is 0 Å². The number of likely N-dealkylation sites (tertiary alicyclic amines) is 1. The molecule has 1 aliphatic heterocycles. The van der Waals surface area contributed by atoms with Gasteiger partial charge in [-0.25, -0.2) is 13.1 Å². The van der Waals surface area contributed by atoms with Crippen LogP contribution in [0.25, 0.3) is 0 Å². The average Bonchev–Trinajstić information content (AvgIpc) is 2.77. The van der Waals surface area contributed by atoms with Crippen LogP contribution in [0.15, 0.2) is 30.3 Å². The maximum atomic E-state index is 12.3. The van der Waals surface area contributed by atoms with Crippen LogP contribution in [0.5, 0.6) is 0 Å². The van der Waals surface area contributed by atoms with E-state index in [9.17, 15) is 21.6 Å². The highest BCUT2D eigenvalue weighted by atomic mass is 32.2. The molecule has 0 unspecified atom stereocenters. The molecule has 1 N–H and O–H groups in total. The maximum Gasteiger partial charge on any atom is 0.511 e. The Hall–Kier alpha value is -1.12. The summed E-state index contributed by atoms with van der Waals surface area (Å²) in [4.78, 5) is 1.92. The van der Waals surface area contributed by atoms with Gasteiger partial charge in [0.15, 0.2) is 0 Å². The molecule has 0 bridgehead atoms. The summed E-state index contributed by atoms with van der Waals surface area (Å²) >= 11 is 0. The molecule has 1 aromatic carbocycles. The zero-order valence-electron chi connectivity index (χ0n) is 11.5. The standard InChI is InChI=1S/C13H17F3N2O2S/c1-18-11(9-17-21(19,20)13(14,15)16)7-8-12(18)10-5-3-2-4-6-10/h2-6,11-12,17H,7-9H2,1H3/t11-,12+/m0/s1. The summed E-state index contributed by atoms with van der Waals surface area (Å²) in [5.74, 6) is 0. The van der Waals surface area contributed by atoms with E-state index < -0.39 is 15.5 Å². The Morgan fingerprint density at radius 1 is 1.24 bits per heavy atom. The SMILES string of the molecule is CN1[C@H](CNS(=O)(=O)C(F)(F)F)CC[C@@H]1c1ccccc1. The normalized spacial score (nSPS) is 24.4. The quantitative estimate of drug-likeness (QED) is 0.925. The van der Waals surface area contributed by atoms with Crippen molar-refractivity contribution in [3.63, 3.8) is 0 Å². The Balaban J connectivity index is 1.99. The number of rotatable bonds is 4. The highest BCUT2D eigenvalue weighted by molar-refractivity contribution is 7.90. The minimum Gasteiger partial charge on any atom is -0.295 e. The van der Waals surface area contributed by atoms with Crippen molar-refractivity contribution >= 4 is 10.0 Å². The number of alkyl halides is 3. The Morgan fingerprint density at radius 3 is 2.43 bits per heavy atom. The minimum absolute atomic E-state index is 0.103. The van der Waals surface area contributed by atoms with Gasteiger partial charge in [-0.15, -0.1) is 0 Å². The van der Waals surface area contributed by atoms with Crippen LogP contribution in [0.4, 0.5) is 13.2 Å². The summed E-state index contributed by atoms with van der Waals surface area (Å²) in [6, 6.07) is 9.49. The van der Waals surface area contributed by atoms with Gasteiger partial charge in [0.05, 0.1) is 0 Å². The molecule has 0 radical (unpaired) electrons. The van der Waals surface area contributed by atoms with Gasteiger partial charge in [-0.3, -0.25) is 4.90 Å². The van der Waals surface area contributed by atoms with E-state index in [1.165, 1.54) is 0 Å². The van der Waals surface area contributed by atoms with Crippen LogP contribution >= 0.6 is 0 Å². The predicted octanol–water partition coefficient (Wildman–Crippen LogP) is 2.26. The largest absolute Gasteiger partial charge is 0.511 e. The van der Waals surface area contributed by atoms with Crippen LogP contribution in [0.3, 0.4) is 0 Å². The molecule has 118 valence electrons. The topological polar surface area (TPSA) is 49.4 Å². The predicted molar refractivity (Wildman–Crippen MR) is 72.9 cm³/mol. The van der Waals surface area contributed by atoms with E-state index in [2.05, 4.69) is 0 Å². The van der Waals surface area contributed by atoms with Gasteiger partial charge in [0.2, 0.25) is 0 Å². The van der Waals surface area contributed by atoms with E-state index in [4.69, 9.17) is 0 Å². The fourth-order valence-corrected chi connectivity index (χ4v) is 3.20. The first-order valence-electron chi connectivity index (χ1n) is 6.55. The molecule has 4 nitrogen and oxygen atoms in total. The molecule has 0 aliphatic carbocycles. The summed E-state index contributed by atoms with van der Waals surface area (Å²) in [6.07, 6.45) is 1.44. The Bertz CT molecular complexity index is 575. The van der Waals surface area contributed by atoms with Gasteiger partial charge in [0.1, 0.15) is 0 Å². The summed E-state index contributed by atoms with van der Waals surface area (Å²) in [5, 5.41) is 0. The van der Waals surface area contributed by atoms with E-state index in [0.29, 0.717) is 6.42 Å². The molecule has 0 saturated carbocycles. The van der Waals surface area contributed by atoms with Crippen molar-refractivity contribution < 1.29 is 21.6 Å². The van der Waals surface area contributed by atoms with Crippen LogP contribution in [-0.2, 0) is 10.0 Å². The van der Waals surface area contributed by atoms with E-state index in [0.717, 1.165) is 12.0 Å².